The molecule has 0 spiro atoms. The average molecular weight is 377 g/mol. The summed E-state index contributed by atoms with van der Waals surface area (Å²) in [6.45, 7) is 4.21. The summed E-state index contributed by atoms with van der Waals surface area (Å²) in [6.07, 6.45) is 4.46. The number of amides is 2. The van der Waals surface area contributed by atoms with E-state index in [-0.39, 0.29) is 24.3 Å². The van der Waals surface area contributed by atoms with Gasteiger partial charge in [0.05, 0.1) is 0 Å². The predicted octanol–water partition coefficient (Wildman–Crippen LogP) is 3.98. The smallest absolute Gasteiger partial charge is 0.236 e. The van der Waals surface area contributed by atoms with Crippen LogP contribution in [0.25, 0.3) is 0 Å². The van der Waals surface area contributed by atoms with Crippen molar-refractivity contribution in [3.05, 3.63) is 54.1 Å². The number of hydrogen-bond donors (Lipinski definition) is 1. The Bertz CT molecular complexity index is 856. The van der Waals surface area contributed by atoms with Crippen LogP contribution in [0.4, 0.5) is 17.1 Å². The van der Waals surface area contributed by atoms with Gasteiger partial charge < -0.3 is 15.1 Å². The van der Waals surface area contributed by atoms with Gasteiger partial charge in [0.1, 0.15) is 6.42 Å². The van der Waals surface area contributed by atoms with E-state index in [0.29, 0.717) is 0 Å². The van der Waals surface area contributed by atoms with Crippen LogP contribution in [-0.2, 0) is 16.0 Å². The fourth-order valence-corrected chi connectivity index (χ4v) is 4.28. The summed E-state index contributed by atoms with van der Waals surface area (Å²) in [7, 11) is 0. The molecule has 1 atom stereocenters. The van der Waals surface area contributed by atoms with Crippen LogP contribution in [0.15, 0.2) is 48.5 Å². The van der Waals surface area contributed by atoms with Crippen molar-refractivity contribution >= 4 is 28.9 Å². The molecule has 2 aromatic carbocycles. The highest BCUT2D eigenvalue weighted by Crippen LogP contribution is 2.32. The van der Waals surface area contributed by atoms with Gasteiger partial charge in [-0.25, -0.2) is 0 Å². The summed E-state index contributed by atoms with van der Waals surface area (Å²) >= 11 is 0. The average Bonchev–Trinajstić information content (AvgIpc) is 3.05. The molecule has 1 N–H and O–H groups in total. The van der Waals surface area contributed by atoms with E-state index in [1.54, 1.807) is 4.90 Å². The number of carbonyl (C=O) groups is 2. The molecule has 2 aromatic rings. The van der Waals surface area contributed by atoms with Crippen LogP contribution in [0.2, 0.25) is 0 Å². The van der Waals surface area contributed by atoms with Crippen LogP contribution in [0.1, 0.15) is 38.2 Å². The van der Waals surface area contributed by atoms with E-state index in [4.69, 9.17) is 0 Å². The normalized spacial score (nSPS) is 18.7. The van der Waals surface area contributed by atoms with E-state index < -0.39 is 0 Å². The Morgan fingerprint density at radius 3 is 2.46 bits per heavy atom. The van der Waals surface area contributed by atoms with Crippen LogP contribution in [0, 0.1) is 0 Å². The minimum Gasteiger partial charge on any atom is -0.372 e. The van der Waals surface area contributed by atoms with E-state index in [0.717, 1.165) is 36.4 Å². The number of benzene rings is 2. The number of fused-ring (bicyclic) bond motifs is 1. The van der Waals surface area contributed by atoms with Crippen molar-refractivity contribution in [3.63, 3.8) is 0 Å². The molecule has 1 unspecified atom stereocenters. The summed E-state index contributed by atoms with van der Waals surface area (Å²) in [5, 5.41) is 2.86. The van der Waals surface area contributed by atoms with Gasteiger partial charge in [-0.1, -0.05) is 18.2 Å². The number of piperidine rings is 1. The molecule has 28 heavy (non-hydrogen) atoms. The minimum absolute atomic E-state index is 0.0847. The lowest BCUT2D eigenvalue weighted by Crippen LogP contribution is -2.37. The quantitative estimate of drug-likeness (QED) is 0.820. The van der Waals surface area contributed by atoms with Gasteiger partial charge in [0.25, 0.3) is 0 Å². The highest BCUT2D eigenvalue weighted by atomic mass is 16.2. The highest BCUT2D eigenvalue weighted by Gasteiger charge is 2.31. The van der Waals surface area contributed by atoms with Crippen LogP contribution in [-0.4, -0.2) is 30.9 Å². The molecule has 146 valence electrons. The Morgan fingerprint density at radius 2 is 1.71 bits per heavy atom. The standard InChI is InChI=1S/C23H27N3O2/c1-17-15-18-7-3-4-8-21(18)26(17)23(28)16-22(27)24-19-9-11-20(12-10-19)25-13-5-2-6-14-25/h3-4,7-12,17H,2,5-6,13-16H2,1H3,(H,24,27). The van der Waals surface area contributed by atoms with E-state index in [2.05, 4.69) is 10.2 Å². The summed E-state index contributed by atoms with van der Waals surface area (Å²) in [4.78, 5) is 29.3. The molecule has 2 heterocycles. The summed E-state index contributed by atoms with van der Waals surface area (Å²) in [5.41, 5.74) is 4.01. The van der Waals surface area contributed by atoms with Crippen LogP contribution >= 0.6 is 0 Å². The first-order valence-corrected chi connectivity index (χ1v) is 10.2. The topological polar surface area (TPSA) is 52.7 Å². The summed E-state index contributed by atoms with van der Waals surface area (Å²) in [5.74, 6) is -0.424. The van der Waals surface area contributed by atoms with Gasteiger partial charge in [-0.3, -0.25) is 9.59 Å². The predicted molar refractivity (Wildman–Crippen MR) is 113 cm³/mol. The highest BCUT2D eigenvalue weighted by molar-refractivity contribution is 6.10. The van der Waals surface area contributed by atoms with Crippen LogP contribution < -0.4 is 15.1 Å². The monoisotopic (exact) mass is 377 g/mol. The SMILES string of the molecule is CC1Cc2ccccc2N1C(=O)CC(=O)Nc1ccc(N2CCCCC2)cc1. The molecule has 2 aliphatic rings. The van der Waals surface area contributed by atoms with Crippen LogP contribution in [0.3, 0.4) is 0 Å². The number of para-hydroxylation sites is 1. The lowest BCUT2D eigenvalue weighted by Gasteiger charge is -2.28. The zero-order valence-electron chi connectivity index (χ0n) is 16.4. The first-order chi connectivity index (χ1) is 13.6. The number of rotatable bonds is 4. The second-order valence-corrected chi connectivity index (χ2v) is 7.77. The van der Waals surface area contributed by atoms with E-state index in [1.807, 2.05) is 55.5 Å². The molecule has 5 heteroatoms. The molecule has 1 saturated heterocycles. The van der Waals surface area contributed by atoms with Gasteiger partial charge in [-0.15, -0.1) is 0 Å². The van der Waals surface area contributed by atoms with Gasteiger partial charge in [0, 0.05) is 36.2 Å². The number of hydrogen-bond acceptors (Lipinski definition) is 3. The molecule has 1 fully saturated rings. The zero-order chi connectivity index (χ0) is 19.5. The molecule has 2 aliphatic heterocycles. The van der Waals surface area contributed by atoms with Crippen molar-refractivity contribution in [1.29, 1.82) is 0 Å². The Labute approximate surface area is 166 Å². The number of anilines is 3. The zero-order valence-corrected chi connectivity index (χ0v) is 16.4. The minimum atomic E-state index is -0.271. The van der Waals surface area contributed by atoms with Crippen molar-refractivity contribution in [3.8, 4) is 0 Å². The van der Waals surface area contributed by atoms with Crippen LogP contribution in [0.5, 0.6) is 0 Å². The molecule has 2 amide bonds. The number of nitrogens with zero attached hydrogens (tertiary/aromatic N) is 2. The molecule has 0 saturated carbocycles. The van der Waals surface area contributed by atoms with Gasteiger partial charge >= 0.3 is 0 Å². The van der Waals surface area contributed by atoms with E-state index >= 15 is 0 Å². The lowest BCUT2D eigenvalue weighted by molar-refractivity contribution is -0.125. The maximum Gasteiger partial charge on any atom is 0.236 e. The number of nitrogens with one attached hydrogen (secondary N) is 1. The maximum absolute atomic E-state index is 12.7. The molecule has 0 bridgehead atoms. The molecule has 4 rings (SSSR count). The Kier molecular flexibility index (Phi) is 5.33. The third-order valence-corrected chi connectivity index (χ3v) is 5.66. The van der Waals surface area contributed by atoms with Gasteiger partial charge in [-0.2, -0.15) is 0 Å². The summed E-state index contributed by atoms with van der Waals surface area (Å²) in [6, 6.07) is 15.9. The Morgan fingerprint density at radius 1 is 1.00 bits per heavy atom. The first kappa shape index (κ1) is 18.5. The summed E-state index contributed by atoms with van der Waals surface area (Å²) < 4.78 is 0. The largest absolute Gasteiger partial charge is 0.372 e. The Balaban J connectivity index is 1.36. The van der Waals surface area contributed by atoms with E-state index in [9.17, 15) is 9.59 Å². The number of carbonyl (C=O) groups excluding carboxylic acids is 2. The van der Waals surface area contributed by atoms with Crippen molar-refractivity contribution in [2.75, 3.05) is 28.2 Å². The second-order valence-electron chi connectivity index (χ2n) is 7.77. The fraction of sp³-hybridized carbons (Fsp3) is 0.391. The lowest BCUT2D eigenvalue weighted by atomic mass is 10.1. The van der Waals surface area contributed by atoms with Crippen molar-refractivity contribution < 1.29 is 9.59 Å². The molecular weight excluding hydrogens is 350 g/mol. The van der Waals surface area contributed by atoms with Crippen molar-refractivity contribution in [2.24, 2.45) is 0 Å². The molecule has 0 aliphatic carbocycles. The van der Waals surface area contributed by atoms with Crippen molar-refractivity contribution in [2.45, 2.75) is 45.1 Å². The third kappa shape index (κ3) is 3.88. The fourth-order valence-electron chi connectivity index (χ4n) is 4.28. The maximum atomic E-state index is 12.7. The first-order valence-electron chi connectivity index (χ1n) is 10.2. The third-order valence-electron chi connectivity index (χ3n) is 5.66. The van der Waals surface area contributed by atoms with Crippen molar-refractivity contribution in [1.82, 2.24) is 0 Å². The molecule has 5 nitrogen and oxygen atoms in total. The molecule has 0 aromatic heterocycles. The van der Waals surface area contributed by atoms with Gasteiger partial charge in [0.2, 0.25) is 11.8 Å². The van der Waals surface area contributed by atoms with Gasteiger partial charge in [-0.05, 0) is 68.5 Å². The molecular formula is C23H27N3O2. The van der Waals surface area contributed by atoms with Gasteiger partial charge in [0.15, 0.2) is 0 Å². The Hall–Kier alpha value is -2.82. The van der Waals surface area contributed by atoms with E-state index in [1.165, 1.54) is 24.9 Å². The second kappa shape index (κ2) is 8.05. The molecule has 0 radical (unpaired) electrons.